The number of likely N-dealkylation sites (tertiary alicyclic amines) is 1. The van der Waals surface area contributed by atoms with Gasteiger partial charge in [0.25, 0.3) is 0 Å². The van der Waals surface area contributed by atoms with E-state index in [2.05, 4.69) is 10.2 Å². The van der Waals surface area contributed by atoms with Gasteiger partial charge in [0, 0.05) is 37.8 Å². The summed E-state index contributed by atoms with van der Waals surface area (Å²) in [6, 6.07) is 6.23. The van der Waals surface area contributed by atoms with Crippen molar-refractivity contribution in [1.82, 2.24) is 10.2 Å². The van der Waals surface area contributed by atoms with Crippen molar-refractivity contribution in [2.75, 3.05) is 26.3 Å². The number of alkyl halides is 6. The van der Waals surface area contributed by atoms with Gasteiger partial charge in [-0.2, -0.15) is 26.3 Å². The highest BCUT2D eigenvalue weighted by molar-refractivity contribution is 5.79. The van der Waals surface area contributed by atoms with E-state index in [1.165, 1.54) is 19.1 Å². The number of benzene rings is 2. The Balaban J connectivity index is 1.48. The highest BCUT2D eigenvalue weighted by Gasteiger charge is 2.39. The fourth-order valence-electron chi connectivity index (χ4n) is 5.77. The van der Waals surface area contributed by atoms with Crippen LogP contribution in [0.1, 0.15) is 72.4 Å². The number of amides is 1. The minimum Gasteiger partial charge on any atom is -0.381 e. The first-order valence-corrected chi connectivity index (χ1v) is 13.4. The summed E-state index contributed by atoms with van der Waals surface area (Å²) in [6.45, 7) is 5.11. The molecule has 2 fully saturated rings. The fraction of sp³-hybridized carbons (Fsp3) is 0.552. The SMILES string of the molecule is Cc1cc(F)ccc1C1C[C@@H](C(=O)NC[C@@H](C)c2cc(C(F)(F)F)cc(C(F)(F)F)c2)CCN1C1CCOCC1. The van der Waals surface area contributed by atoms with Crippen LogP contribution in [0.2, 0.25) is 0 Å². The van der Waals surface area contributed by atoms with Gasteiger partial charge >= 0.3 is 12.4 Å². The van der Waals surface area contributed by atoms with Gasteiger partial charge in [-0.15, -0.1) is 0 Å². The average molecular weight is 575 g/mol. The maximum Gasteiger partial charge on any atom is 0.416 e. The van der Waals surface area contributed by atoms with Crippen LogP contribution in [0, 0.1) is 18.7 Å². The van der Waals surface area contributed by atoms with Gasteiger partial charge in [0.05, 0.1) is 11.1 Å². The van der Waals surface area contributed by atoms with E-state index in [4.69, 9.17) is 4.74 Å². The zero-order valence-electron chi connectivity index (χ0n) is 22.3. The van der Waals surface area contributed by atoms with E-state index in [0.29, 0.717) is 44.7 Å². The topological polar surface area (TPSA) is 41.6 Å². The van der Waals surface area contributed by atoms with Crippen LogP contribution in [-0.2, 0) is 21.9 Å². The fourth-order valence-corrected chi connectivity index (χ4v) is 5.77. The van der Waals surface area contributed by atoms with E-state index in [1.807, 2.05) is 6.92 Å². The first kappa shape index (κ1) is 30.3. The molecule has 3 atom stereocenters. The van der Waals surface area contributed by atoms with Crippen LogP contribution in [0.25, 0.3) is 0 Å². The molecule has 1 unspecified atom stereocenters. The zero-order valence-corrected chi connectivity index (χ0v) is 22.3. The third kappa shape index (κ3) is 7.15. The Morgan fingerprint density at radius 3 is 2.20 bits per heavy atom. The largest absolute Gasteiger partial charge is 0.416 e. The van der Waals surface area contributed by atoms with Crippen LogP contribution in [0.15, 0.2) is 36.4 Å². The minimum absolute atomic E-state index is 0.0958. The molecule has 0 saturated carbocycles. The molecule has 11 heteroatoms. The number of halogens is 7. The van der Waals surface area contributed by atoms with Crippen LogP contribution in [0.3, 0.4) is 0 Å². The van der Waals surface area contributed by atoms with Crippen molar-refractivity contribution >= 4 is 5.91 Å². The summed E-state index contributed by atoms with van der Waals surface area (Å²) in [5, 5.41) is 2.76. The van der Waals surface area contributed by atoms with Gasteiger partial charge in [-0.25, -0.2) is 4.39 Å². The van der Waals surface area contributed by atoms with Crippen LogP contribution >= 0.6 is 0 Å². The molecule has 220 valence electrons. The normalized spacial score (nSPS) is 22.2. The Bertz CT molecular complexity index is 1160. The molecule has 2 aliphatic heterocycles. The first-order valence-electron chi connectivity index (χ1n) is 13.4. The number of hydrogen-bond acceptors (Lipinski definition) is 3. The van der Waals surface area contributed by atoms with Gasteiger partial charge in [0.15, 0.2) is 0 Å². The van der Waals surface area contributed by atoms with Crippen molar-refractivity contribution in [3.63, 3.8) is 0 Å². The van der Waals surface area contributed by atoms with Crippen molar-refractivity contribution in [3.05, 3.63) is 70.0 Å². The number of hydrogen-bond donors (Lipinski definition) is 1. The standard InChI is InChI=1S/C29H33F7N2O2/c1-17-11-23(30)3-4-25(17)26-14-19(5-8-38(26)24-6-9-40-10-7-24)27(39)37-16-18(2)20-12-21(28(31,32)33)15-22(13-20)29(34,35)36/h3-4,11-13,15,18-19,24,26H,5-10,14,16H2,1-2H3,(H,37,39)/t18-,19+,26?/m1/s1. The summed E-state index contributed by atoms with van der Waals surface area (Å²) in [5.74, 6) is -1.85. The first-order chi connectivity index (χ1) is 18.7. The number of ether oxygens (including phenoxy) is 1. The second kappa shape index (κ2) is 12.1. The lowest BCUT2D eigenvalue weighted by Crippen LogP contribution is -2.48. The summed E-state index contributed by atoms with van der Waals surface area (Å²) in [4.78, 5) is 15.6. The average Bonchev–Trinajstić information content (AvgIpc) is 2.90. The van der Waals surface area contributed by atoms with Crippen molar-refractivity contribution in [3.8, 4) is 0 Å². The van der Waals surface area contributed by atoms with Gasteiger partial charge < -0.3 is 10.1 Å². The van der Waals surface area contributed by atoms with E-state index in [9.17, 15) is 35.5 Å². The summed E-state index contributed by atoms with van der Waals surface area (Å²) < 4.78 is 99.0. The minimum atomic E-state index is -4.94. The van der Waals surface area contributed by atoms with E-state index in [1.54, 1.807) is 6.07 Å². The number of carbonyl (C=O) groups is 1. The summed E-state index contributed by atoms with van der Waals surface area (Å²) >= 11 is 0. The molecule has 40 heavy (non-hydrogen) atoms. The molecule has 1 amide bonds. The number of nitrogens with zero attached hydrogens (tertiary/aromatic N) is 1. The Hall–Kier alpha value is -2.66. The molecule has 0 aliphatic carbocycles. The molecule has 0 radical (unpaired) electrons. The van der Waals surface area contributed by atoms with Gasteiger partial charge in [0.2, 0.25) is 5.91 Å². The third-order valence-corrected chi connectivity index (χ3v) is 8.03. The second-order valence-electron chi connectivity index (χ2n) is 10.8. The van der Waals surface area contributed by atoms with E-state index in [-0.39, 0.29) is 42.0 Å². The molecule has 2 aliphatic rings. The molecule has 4 rings (SSSR count). The number of piperidine rings is 1. The Kier molecular flexibility index (Phi) is 9.14. The summed E-state index contributed by atoms with van der Waals surface area (Å²) in [6.07, 6.45) is -7.16. The number of carbonyl (C=O) groups excluding carboxylic acids is 1. The van der Waals surface area contributed by atoms with Crippen LogP contribution in [-0.4, -0.2) is 43.2 Å². The maximum atomic E-state index is 13.8. The molecule has 0 aromatic heterocycles. The Morgan fingerprint density at radius 2 is 1.62 bits per heavy atom. The van der Waals surface area contributed by atoms with Crippen molar-refractivity contribution < 1.29 is 40.3 Å². The van der Waals surface area contributed by atoms with E-state index < -0.39 is 35.3 Å². The molecule has 2 saturated heterocycles. The molecule has 0 spiro atoms. The molecule has 1 N–H and O–H groups in total. The third-order valence-electron chi connectivity index (χ3n) is 8.03. The Labute approximate surface area is 228 Å². The molecule has 2 heterocycles. The van der Waals surface area contributed by atoms with Gasteiger partial charge in [0.1, 0.15) is 5.82 Å². The molecule has 0 bridgehead atoms. The predicted molar refractivity (Wildman–Crippen MR) is 135 cm³/mol. The van der Waals surface area contributed by atoms with Crippen molar-refractivity contribution in [2.24, 2.45) is 5.92 Å². The van der Waals surface area contributed by atoms with E-state index >= 15 is 0 Å². The van der Waals surface area contributed by atoms with Crippen LogP contribution < -0.4 is 5.32 Å². The molecular formula is C29H33F7N2O2. The number of rotatable bonds is 6. The second-order valence-corrected chi connectivity index (χ2v) is 10.8. The van der Waals surface area contributed by atoms with Crippen LogP contribution in [0.5, 0.6) is 0 Å². The summed E-state index contributed by atoms with van der Waals surface area (Å²) in [5.41, 5.74) is -1.21. The number of aryl methyl sites for hydroxylation is 1. The van der Waals surface area contributed by atoms with Gasteiger partial charge in [-0.3, -0.25) is 9.69 Å². The lowest BCUT2D eigenvalue weighted by Gasteiger charge is -2.45. The van der Waals surface area contributed by atoms with Crippen molar-refractivity contribution in [2.45, 2.75) is 69.9 Å². The smallest absolute Gasteiger partial charge is 0.381 e. The molecule has 4 nitrogen and oxygen atoms in total. The highest BCUT2D eigenvalue weighted by Crippen LogP contribution is 2.40. The Morgan fingerprint density at radius 1 is 1.00 bits per heavy atom. The quantitative estimate of drug-likeness (QED) is 0.377. The summed E-state index contributed by atoms with van der Waals surface area (Å²) in [7, 11) is 0. The van der Waals surface area contributed by atoms with Crippen LogP contribution in [0.4, 0.5) is 30.7 Å². The number of nitrogens with one attached hydrogen (secondary N) is 1. The van der Waals surface area contributed by atoms with Crippen molar-refractivity contribution in [1.29, 1.82) is 0 Å². The van der Waals surface area contributed by atoms with Gasteiger partial charge in [-0.05, 0) is 92.1 Å². The lowest BCUT2D eigenvalue weighted by atomic mass is 9.83. The zero-order chi connectivity index (χ0) is 29.2. The molecule has 2 aromatic carbocycles. The monoisotopic (exact) mass is 574 g/mol. The maximum absolute atomic E-state index is 13.8. The molecule has 2 aromatic rings. The molecular weight excluding hydrogens is 541 g/mol. The lowest BCUT2D eigenvalue weighted by molar-refractivity contribution is -0.143. The van der Waals surface area contributed by atoms with E-state index in [0.717, 1.165) is 24.0 Å². The van der Waals surface area contributed by atoms with Gasteiger partial charge in [-0.1, -0.05) is 13.0 Å². The predicted octanol–water partition coefficient (Wildman–Crippen LogP) is 7.02. The highest BCUT2D eigenvalue weighted by atomic mass is 19.4.